The molecule has 0 unspecified atom stereocenters. The molecule has 3 aromatic rings. The van der Waals surface area contributed by atoms with Crippen molar-refractivity contribution >= 4 is 22.6 Å². The molecule has 0 saturated carbocycles. The van der Waals surface area contributed by atoms with E-state index >= 15 is 0 Å². The first-order valence-electron chi connectivity index (χ1n) is 6.51. The van der Waals surface area contributed by atoms with E-state index in [9.17, 15) is 4.79 Å². The standard InChI is InChI=1S/C17H10ClNO3/c18-13-4-1-11(2-5-13)15-9-12-3-6-14(21-8-7-19)10-16(12)22-17(15)20/h1-6,9-10H,8H2. The zero-order valence-corrected chi connectivity index (χ0v) is 12.1. The summed E-state index contributed by atoms with van der Waals surface area (Å²) in [7, 11) is 0. The second-order valence-corrected chi connectivity index (χ2v) is 5.04. The number of hydrogen-bond acceptors (Lipinski definition) is 4. The van der Waals surface area contributed by atoms with E-state index in [0.717, 1.165) is 10.9 Å². The van der Waals surface area contributed by atoms with Crippen molar-refractivity contribution < 1.29 is 9.15 Å². The lowest BCUT2D eigenvalue weighted by Gasteiger charge is -2.05. The number of halogens is 1. The first-order valence-corrected chi connectivity index (χ1v) is 6.89. The first-order chi connectivity index (χ1) is 10.7. The van der Waals surface area contributed by atoms with Gasteiger partial charge in [-0.3, -0.25) is 0 Å². The van der Waals surface area contributed by atoms with Crippen molar-refractivity contribution in [3.8, 4) is 22.9 Å². The van der Waals surface area contributed by atoms with Crippen LogP contribution in [0.5, 0.6) is 5.75 Å². The molecule has 0 atom stereocenters. The van der Waals surface area contributed by atoms with Crippen LogP contribution in [0.4, 0.5) is 0 Å². The molecule has 0 saturated heterocycles. The third-order valence-electron chi connectivity index (χ3n) is 3.17. The predicted molar refractivity (Wildman–Crippen MR) is 84.0 cm³/mol. The molecule has 4 nitrogen and oxygen atoms in total. The fourth-order valence-corrected chi connectivity index (χ4v) is 2.25. The SMILES string of the molecule is N#CCOc1ccc2cc(-c3ccc(Cl)cc3)c(=O)oc2c1. The molecular weight excluding hydrogens is 302 g/mol. The van der Waals surface area contributed by atoms with Crippen LogP contribution in [0.25, 0.3) is 22.1 Å². The Kier molecular flexibility index (Phi) is 3.82. The molecule has 1 aromatic heterocycles. The number of nitriles is 1. The van der Waals surface area contributed by atoms with Crippen LogP contribution in [0, 0.1) is 11.3 Å². The second-order valence-electron chi connectivity index (χ2n) is 4.60. The Balaban J connectivity index is 2.07. The Morgan fingerprint density at radius 1 is 1.14 bits per heavy atom. The molecule has 0 fully saturated rings. The van der Waals surface area contributed by atoms with Gasteiger partial charge in [0, 0.05) is 16.5 Å². The minimum absolute atomic E-state index is 0.0569. The molecular formula is C17H10ClNO3. The van der Waals surface area contributed by atoms with Crippen molar-refractivity contribution in [2.75, 3.05) is 6.61 Å². The average molecular weight is 312 g/mol. The van der Waals surface area contributed by atoms with E-state index in [4.69, 9.17) is 26.0 Å². The first kappa shape index (κ1) is 14.2. The number of ether oxygens (including phenoxy) is 1. The molecule has 0 aliphatic rings. The van der Waals surface area contributed by atoms with Gasteiger partial charge in [-0.25, -0.2) is 4.79 Å². The monoisotopic (exact) mass is 311 g/mol. The van der Waals surface area contributed by atoms with E-state index in [0.29, 0.717) is 21.9 Å². The predicted octanol–water partition coefficient (Wildman–Crippen LogP) is 4.02. The van der Waals surface area contributed by atoms with Crippen LogP contribution in [0.1, 0.15) is 0 Å². The van der Waals surface area contributed by atoms with Gasteiger partial charge in [-0.15, -0.1) is 0 Å². The highest BCUT2D eigenvalue weighted by molar-refractivity contribution is 6.30. The van der Waals surface area contributed by atoms with E-state index < -0.39 is 5.63 Å². The molecule has 108 valence electrons. The van der Waals surface area contributed by atoms with Crippen LogP contribution < -0.4 is 10.4 Å². The van der Waals surface area contributed by atoms with Crippen LogP contribution in [0.2, 0.25) is 5.02 Å². The maximum atomic E-state index is 12.2. The molecule has 2 aromatic carbocycles. The summed E-state index contributed by atoms with van der Waals surface area (Å²) in [6.45, 7) is -0.0569. The van der Waals surface area contributed by atoms with Crippen molar-refractivity contribution in [2.24, 2.45) is 0 Å². The zero-order valence-electron chi connectivity index (χ0n) is 11.4. The summed E-state index contributed by atoms with van der Waals surface area (Å²) < 4.78 is 10.5. The van der Waals surface area contributed by atoms with Gasteiger partial charge < -0.3 is 9.15 Å². The fraction of sp³-hybridized carbons (Fsp3) is 0.0588. The van der Waals surface area contributed by atoms with Gasteiger partial charge in [-0.2, -0.15) is 5.26 Å². The molecule has 22 heavy (non-hydrogen) atoms. The lowest BCUT2D eigenvalue weighted by Crippen LogP contribution is -2.02. The van der Waals surface area contributed by atoms with Gasteiger partial charge in [-0.05, 0) is 35.9 Å². The second kappa shape index (κ2) is 5.92. The number of hydrogen-bond donors (Lipinski definition) is 0. The Morgan fingerprint density at radius 2 is 1.91 bits per heavy atom. The smallest absolute Gasteiger partial charge is 0.344 e. The summed E-state index contributed by atoms with van der Waals surface area (Å²) >= 11 is 5.85. The Labute approximate surface area is 131 Å². The summed E-state index contributed by atoms with van der Waals surface area (Å²) in [5, 5.41) is 9.89. The van der Waals surface area contributed by atoms with Crippen molar-refractivity contribution in [3.63, 3.8) is 0 Å². The van der Waals surface area contributed by atoms with Gasteiger partial charge in [0.15, 0.2) is 6.61 Å². The largest absolute Gasteiger partial charge is 0.479 e. The number of benzene rings is 2. The van der Waals surface area contributed by atoms with E-state index in [1.807, 2.05) is 6.07 Å². The maximum absolute atomic E-state index is 12.2. The van der Waals surface area contributed by atoms with Gasteiger partial charge in [0.25, 0.3) is 0 Å². The Morgan fingerprint density at radius 3 is 2.64 bits per heavy atom. The molecule has 5 heteroatoms. The molecule has 3 rings (SSSR count). The minimum Gasteiger partial charge on any atom is -0.479 e. The maximum Gasteiger partial charge on any atom is 0.344 e. The quantitative estimate of drug-likeness (QED) is 0.685. The third-order valence-corrected chi connectivity index (χ3v) is 3.42. The normalized spacial score (nSPS) is 10.4. The molecule has 0 spiro atoms. The van der Waals surface area contributed by atoms with Crippen LogP contribution >= 0.6 is 11.6 Å². The van der Waals surface area contributed by atoms with Crippen LogP contribution in [-0.4, -0.2) is 6.61 Å². The molecule has 0 aliphatic carbocycles. The average Bonchev–Trinajstić information content (AvgIpc) is 2.53. The van der Waals surface area contributed by atoms with Crippen molar-refractivity contribution in [1.82, 2.24) is 0 Å². The van der Waals surface area contributed by atoms with Crippen LogP contribution in [0.3, 0.4) is 0 Å². The topological polar surface area (TPSA) is 63.2 Å². The molecule has 0 bridgehead atoms. The van der Waals surface area contributed by atoms with Gasteiger partial charge >= 0.3 is 5.63 Å². The molecule has 0 amide bonds. The Hall–Kier alpha value is -2.77. The zero-order chi connectivity index (χ0) is 15.5. The van der Waals surface area contributed by atoms with Crippen molar-refractivity contribution in [3.05, 3.63) is 64.0 Å². The van der Waals surface area contributed by atoms with Gasteiger partial charge in [0.2, 0.25) is 0 Å². The summed E-state index contributed by atoms with van der Waals surface area (Å²) in [4.78, 5) is 12.2. The van der Waals surface area contributed by atoms with Crippen LogP contribution in [0.15, 0.2) is 57.7 Å². The fourth-order valence-electron chi connectivity index (χ4n) is 2.13. The van der Waals surface area contributed by atoms with E-state index in [1.54, 1.807) is 48.5 Å². The highest BCUT2D eigenvalue weighted by Crippen LogP contribution is 2.25. The van der Waals surface area contributed by atoms with Gasteiger partial charge in [0.1, 0.15) is 17.4 Å². The highest BCUT2D eigenvalue weighted by atomic mass is 35.5. The van der Waals surface area contributed by atoms with Crippen molar-refractivity contribution in [1.29, 1.82) is 5.26 Å². The van der Waals surface area contributed by atoms with Crippen molar-refractivity contribution in [2.45, 2.75) is 0 Å². The third kappa shape index (κ3) is 2.80. The number of fused-ring (bicyclic) bond motifs is 1. The highest BCUT2D eigenvalue weighted by Gasteiger charge is 2.08. The minimum atomic E-state index is -0.438. The molecule has 0 radical (unpaired) electrons. The number of rotatable bonds is 3. The summed E-state index contributed by atoms with van der Waals surface area (Å²) in [5.74, 6) is 0.483. The summed E-state index contributed by atoms with van der Waals surface area (Å²) in [5.41, 5.74) is 1.19. The van der Waals surface area contributed by atoms with Gasteiger partial charge in [0.05, 0.1) is 5.56 Å². The molecule has 1 heterocycles. The lowest BCUT2D eigenvalue weighted by atomic mass is 10.1. The molecule has 0 N–H and O–H groups in total. The Bertz CT molecular complexity index is 923. The van der Waals surface area contributed by atoms with E-state index in [2.05, 4.69) is 0 Å². The number of nitrogens with zero attached hydrogens (tertiary/aromatic N) is 1. The van der Waals surface area contributed by atoms with E-state index in [1.165, 1.54) is 0 Å². The van der Waals surface area contributed by atoms with Crippen LogP contribution in [-0.2, 0) is 0 Å². The molecule has 0 aliphatic heterocycles. The van der Waals surface area contributed by atoms with Gasteiger partial charge in [-0.1, -0.05) is 23.7 Å². The summed E-state index contributed by atoms with van der Waals surface area (Å²) in [6.07, 6.45) is 0. The van der Waals surface area contributed by atoms with E-state index in [-0.39, 0.29) is 6.61 Å². The summed E-state index contributed by atoms with van der Waals surface area (Å²) in [6, 6.07) is 15.7. The lowest BCUT2D eigenvalue weighted by molar-refractivity contribution is 0.368.